The lowest BCUT2D eigenvalue weighted by molar-refractivity contribution is -0.112. The van der Waals surface area contributed by atoms with Gasteiger partial charge >= 0.3 is 0 Å². The van der Waals surface area contributed by atoms with Crippen molar-refractivity contribution in [3.8, 4) is 11.8 Å². The Balaban J connectivity index is 2.23. The van der Waals surface area contributed by atoms with Gasteiger partial charge in [-0.2, -0.15) is 5.26 Å². The number of nitrogens with one attached hydrogen (secondary N) is 1. The van der Waals surface area contributed by atoms with E-state index in [0.717, 1.165) is 0 Å². The van der Waals surface area contributed by atoms with E-state index in [4.69, 9.17) is 9.88 Å². The van der Waals surface area contributed by atoms with Crippen molar-refractivity contribution in [3.05, 3.63) is 72.3 Å². The van der Waals surface area contributed by atoms with E-state index in [1.165, 1.54) is 30.3 Å². The minimum atomic E-state index is -3.82. The highest BCUT2D eigenvalue weighted by Crippen LogP contribution is 2.22. The van der Waals surface area contributed by atoms with Crippen LogP contribution in [0.15, 0.2) is 71.7 Å². The van der Waals surface area contributed by atoms with Gasteiger partial charge in [0.15, 0.2) is 0 Å². The number of nitrogens with zero attached hydrogens (tertiary/aromatic N) is 1. The van der Waals surface area contributed by atoms with E-state index in [1.54, 1.807) is 30.3 Å². The molecule has 0 aliphatic carbocycles. The molecule has 0 fully saturated rings. The van der Waals surface area contributed by atoms with Crippen molar-refractivity contribution in [1.29, 1.82) is 5.26 Å². The summed E-state index contributed by atoms with van der Waals surface area (Å²) < 4.78 is 28.0. The molecule has 8 heteroatoms. The van der Waals surface area contributed by atoms with Gasteiger partial charge in [0.1, 0.15) is 24.0 Å². The zero-order valence-corrected chi connectivity index (χ0v) is 15.1. The van der Waals surface area contributed by atoms with Crippen LogP contribution >= 0.6 is 0 Å². The van der Waals surface area contributed by atoms with Crippen LogP contribution in [0.4, 0.5) is 5.69 Å². The molecule has 138 valence electrons. The summed E-state index contributed by atoms with van der Waals surface area (Å²) >= 11 is 0. The third-order valence-corrected chi connectivity index (χ3v) is 4.31. The van der Waals surface area contributed by atoms with E-state index < -0.39 is 15.9 Å². The van der Waals surface area contributed by atoms with Crippen LogP contribution in [-0.2, 0) is 14.8 Å². The molecule has 0 saturated heterocycles. The molecule has 0 aliphatic rings. The van der Waals surface area contributed by atoms with Crippen molar-refractivity contribution >= 4 is 27.7 Å². The Morgan fingerprint density at radius 1 is 1.22 bits per heavy atom. The van der Waals surface area contributed by atoms with Crippen molar-refractivity contribution in [1.82, 2.24) is 0 Å². The monoisotopic (exact) mass is 383 g/mol. The van der Waals surface area contributed by atoms with Crippen LogP contribution in [0.5, 0.6) is 5.75 Å². The SMILES string of the molecule is C=CCOc1ccccc1/C=C(\C#N)C(=O)Nc1ccc(S(N)(=O)=O)cc1. The number of hydrogen-bond acceptors (Lipinski definition) is 5. The Kier molecular flexibility index (Phi) is 6.49. The van der Waals surface area contributed by atoms with Gasteiger partial charge in [-0.3, -0.25) is 4.79 Å². The maximum Gasteiger partial charge on any atom is 0.266 e. The van der Waals surface area contributed by atoms with Gasteiger partial charge in [0.2, 0.25) is 10.0 Å². The number of amides is 1. The summed E-state index contributed by atoms with van der Waals surface area (Å²) in [6, 6.07) is 14.1. The van der Waals surface area contributed by atoms with Gasteiger partial charge in [-0.15, -0.1) is 0 Å². The molecule has 0 atom stereocenters. The van der Waals surface area contributed by atoms with Gasteiger partial charge in [-0.1, -0.05) is 30.9 Å². The van der Waals surface area contributed by atoms with Crippen LogP contribution in [0.1, 0.15) is 5.56 Å². The summed E-state index contributed by atoms with van der Waals surface area (Å²) in [6.07, 6.45) is 3.00. The topological polar surface area (TPSA) is 122 Å². The van der Waals surface area contributed by atoms with Crippen LogP contribution in [-0.4, -0.2) is 20.9 Å². The normalized spacial score (nSPS) is 11.3. The number of anilines is 1. The molecule has 0 heterocycles. The fraction of sp³-hybridized carbons (Fsp3) is 0.0526. The second-order valence-electron chi connectivity index (χ2n) is 5.33. The van der Waals surface area contributed by atoms with Gasteiger partial charge in [0, 0.05) is 11.3 Å². The minimum absolute atomic E-state index is 0.0788. The average Bonchev–Trinajstić information content (AvgIpc) is 2.64. The fourth-order valence-corrected chi connectivity index (χ4v) is 2.63. The third-order valence-electron chi connectivity index (χ3n) is 3.38. The Labute approximate surface area is 157 Å². The molecule has 2 aromatic carbocycles. The van der Waals surface area contributed by atoms with Gasteiger partial charge in [-0.05, 0) is 36.4 Å². The number of benzene rings is 2. The van der Waals surface area contributed by atoms with E-state index in [0.29, 0.717) is 17.0 Å². The Morgan fingerprint density at radius 2 is 1.89 bits per heavy atom. The second-order valence-corrected chi connectivity index (χ2v) is 6.89. The first-order valence-electron chi connectivity index (χ1n) is 7.74. The molecule has 3 N–H and O–H groups in total. The number of nitrogens with two attached hydrogens (primary N) is 1. The van der Waals surface area contributed by atoms with Crippen molar-refractivity contribution in [2.75, 3.05) is 11.9 Å². The zero-order valence-electron chi connectivity index (χ0n) is 14.3. The van der Waals surface area contributed by atoms with E-state index in [1.807, 2.05) is 6.07 Å². The second kappa shape index (κ2) is 8.80. The van der Waals surface area contributed by atoms with Crippen molar-refractivity contribution in [2.45, 2.75) is 4.90 Å². The Morgan fingerprint density at radius 3 is 2.48 bits per heavy atom. The lowest BCUT2D eigenvalue weighted by Gasteiger charge is -2.08. The zero-order chi connectivity index (χ0) is 19.9. The number of carbonyl (C=O) groups is 1. The largest absolute Gasteiger partial charge is 0.489 e. The first-order chi connectivity index (χ1) is 12.8. The van der Waals surface area contributed by atoms with E-state index in [-0.39, 0.29) is 17.1 Å². The smallest absolute Gasteiger partial charge is 0.266 e. The summed E-state index contributed by atoms with van der Waals surface area (Å²) in [4.78, 5) is 12.3. The maximum atomic E-state index is 12.4. The number of hydrogen-bond donors (Lipinski definition) is 2. The van der Waals surface area contributed by atoms with Crippen LogP contribution in [0.2, 0.25) is 0 Å². The highest BCUT2D eigenvalue weighted by Gasteiger charge is 2.12. The summed E-state index contributed by atoms with van der Waals surface area (Å²) in [5, 5.41) is 16.9. The minimum Gasteiger partial charge on any atom is -0.489 e. The molecular weight excluding hydrogens is 366 g/mol. The molecule has 2 rings (SSSR count). The number of para-hydroxylation sites is 1. The molecule has 0 aromatic heterocycles. The maximum absolute atomic E-state index is 12.4. The highest BCUT2D eigenvalue weighted by molar-refractivity contribution is 7.89. The molecule has 1 amide bonds. The van der Waals surface area contributed by atoms with Crippen LogP contribution < -0.4 is 15.2 Å². The Hall–Kier alpha value is -3.41. The van der Waals surface area contributed by atoms with Crippen molar-refractivity contribution < 1.29 is 17.9 Å². The van der Waals surface area contributed by atoms with E-state index in [9.17, 15) is 18.5 Å². The summed E-state index contributed by atoms with van der Waals surface area (Å²) in [5.74, 6) is -0.130. The Bertz CT molecular complexity index is 1020. The lowest BCUT2D eigenvalue weighted by Crippen LogP contribution is -2.14. The average molecular weight is 383 g/mol. The molecule has 0 radical (unpaired) electrons. The molecule has 27 heavy (non-hydrogen) atoms. The molecule has 2 aromatic rings. The number of rotatable bonds is 7. The predicted molar refractivity (Wildman–Crippen MR) is 102 cm³/mol. The molecule has 0 bridgehead atoms. The fourth-order valence-electron chi connectivity index (χ4n) is 2.11. The molecule has 7 nitrogen and oxygen atoms in total. The molecule has 0 unspecified atom stereocenters. The summed E-state index contributed by atoms with van der Waals surface area (Å²) in [6.45, 7) is 3.86. The van der Waals surface area contributed by atoms with Gasteiger partial charge in [-0.25, -0.2) is 13.6 Å². The lowest BCUT2D eigenvalue weighted by atomic mass is 10.1. The number of carbonyl (C=O) groups excluding carboxylic acids is 1. The number of ether oxygens (including phenoxy) is 1. The molecular formula is C19H17N3O4S. The summed E-state index contributed by atoms with van der Waals surface area (Å²) in [5.41, 5.74) is 0.751. The van der Waals surface area contributed by atoms with Gasteiger partial charge in [0.25, 0.3) is 5.91 Å². The molecule has 0 saturated carbocycles. The first-order valence-corrected chi connectivity index (χ1v) is 9.28. The van der Waals surface area contributed by atoms with Crippen LogP contribution in [0, 0.1) is 11.3 Å². The number of sulfonamides is 1. The van der Waals surface area contributed by atoms with E-state index in [2.05, 4.69) is 11.9 Å². The quantitative estimate of drug-likeness (QED) is 0.432. The highest BCUT2D eigenvalue weighted by atomic mass is 32.2. The van der Waals surface area contributed by atoms with Crippen LogP contribution in [0.3, 0.4) is 0 Å². The van der Waals surface area contributed by atoms with Gasteiger partial charge < -0.3 is 10.1 Å². The summed E-state index contributed by atoms with van der Waals surface area (Å²) in [7, 11) is -3.82. The van der Waals surface area contributed by atoms with E-state index >= 15 is 0 Å². The van der Waals surface area contributed by atoms with Gasteiger partial charge in [0.05, 0.1) is 4.90 Å². The van der Waals surface area contributed by atoms with Crippen molar-refractivity contribution in [2.24, 2.45) is 5.14 Å². The molecule has 0 spiro atoms. The first kappa shape index (κ1) is 19.9. The molecule has 0 aliphatic heterocycles. The third kappa shape index (κ3) is 5.54. The number of nitriles is 1. The standard InChI is InChI=1S/C19H17N3O4S/c1-2-11-26-18-6-4-3-5-14(18)12-15(13-20)19(23)22-16-7-9-17(10-8-16)27(21,24)25/h2-10,12H,1,11H2,(H,22,23)(H2,21,24,25)/b15-12+. The van der Waals surface area contributed by atoms with Crippen molar-refractivity contribution in [3.63, 3.8) is 0 Å². The predicted octanol–water partition coefficient (Wildman–Crippen LogP) is 2.44. The number of primary sulfonamides is 1. The van der Waals surface area contributed by atoms with Crippen LogP contribution in [0.25, 0.3) is 6.08 Å².